The molecule has 0 aliphatic heterocycles. The van der Waals surface area contributed by atoms with Gasteiger partial charge in [0.15, 0.2) is 5.96 Å². The number of nitrogens with zero attached hydrogens (tertiary/aromatic N) is 1. The Kier molecular flexibility index (Phi) is 7.33. The molecule has 0 aliphatic rings. The zero-order valence-corrected chi connectivity index (χ0v) is 12.8. The number of hydrogen-bond acceptors (Lipinski definition) is 2. The van der Waals surface area contributed by atoms with Crippen molar-refractivity contribution in [1.82, 2.24) is 10.6 Å². The number of ether oxygens (including phenoxy) is 1. The predicted molar refractivity (Wildman–Crippen MR) is 80.9 cm³/mol. The molecule has 0 saturated heterocycles. The fourth-order valence-electron chi connectivity index (χ4n) is 1.76. The van der Waals surface area contributed by atoms with Crippen LogP contribution in [-0.2, 0) is 11.2 Å². The van der Waals surface area contributed by atoms with Crippen LogP contribution in [0.15, 0.2) is 23.2 Å². The molecule has 20 heavy (non-hydrogen) atoms. The van der Waals surface area contributed by atoms with Crippen LogP contribution in [0, 0.1) is 5.82 Å². The summed E-state index contributed by atoms with van der Waals surface area (Å²) in [5, 5.41) is 6.83. The Balaban J connectivity index is 2.42. The van der Waals surface area contributed by atoms with Crippen molar-refractivity contribution in [3.63, 3.8) is 0 Å². The molecule has 1 aromatic rings. The normalized spacial score (nSPS) is 13.2. The smallest absolute Gasteiger partial charge is 0.191 e. The minimum atomic E-state index is -0.322. The molecule has 0 aliphatic carbocycles. The second-order valence-electron chi connectivity index (χ2n) is 4.49. The molecule has 1 unspecified atom stereocenters. The van der Waals surface area contributed by atoms with E-state index < -0.39 is 0 Å². The van der Waals surface area contributed by atoms with Crippen LogP contribution in [0.25, 0.3) is 0 Å². The molecular weight excluding hydrogens is 281 g/mol. The van der Waals surface area contributed by atoms with E-state index in [0.29, 0.717) is 30.6 Å². The number of rotatable bonds is 6. The van der Waals surface area contributed by atoms with Gasteiger partial charge in [-0.1, -0.05) is 17.7 Å². The van der Waals surface area contributed by atoms with Gasteiger partial charge in [0.1, 0.15) is 5.82 Å². The summed E-state index contributed by atoms with van der Waals surface area (Å²) in [4.78, 5) is 4.12. The maximum Gasteiger partial charge on any atom is 0.191 e. The minimum absolute atomic E-state index is 0.167. The summed E-state index contributed by atoms with van der Waals surface area (Å²) >= 11 is 5.97. The van der Waals surface area contributed by atoms with E-state index in [2.05, 4.69) is 15.6 Å². The molecule has 0 radical (unpaired) electrons. The third kappa shape index (κ3) is 5.75. The van der Waals surface area contributed by atoms with E-state index in [-0.39, 0.29) is 11.9 Å². The summed E-state index contributed by atoms with van der Waals surface area (Å²) in [5.41, 5.74) is 0.904. The van der Waals surface area contributed by atoms with Gasteiger partial charge in [0.25, 0.3) is 0 Å². The lowest BCUT2D eigenvalue weighted by Gasteiger charge is -2.17. The first kappa shape index (κ1) is 16.7. The first-order valence-corrected chi connectivity index (χ1v) is 6.84. The maximum atomic E-state index is 12.9. The van der Waals surface area contributed by atoms with Gasteiger partial charge in [0.2, 0.25) is 0 Å². The van der Waals surface area contributed by atoms with Gasteiger partial charge < -0.3 is 15.4 Å². The van der Waals surface area contributed by atoms with Gasteiger partial charge in [0, 0.05) is 31.8 Å². The summed E-state index contributed by atoms with van der Waals surface area (Å²) in [6.45, 7) is 3.27. The molecule has 6 heteroatoms. The Morgan fingerprint density at radius 2 is 2.25 bits per heavy atom. The molecule has 0 saturated carbocycles. The molecule has 0 fully saturated rings. The lowest BCUT2D eigenvalue weighted by atomic mass is 10.1. The van der Waals surface area contributed by atoms with Gasteiger partial charge in [-0.3, -0.25) is 4.99 Å². The van der Waals surface area contributed by atoms with E-state index in [1.54, 1.807) is 20.2 Å². The molecule has 2 N–H and O–H groups in total. The fraction of sp³-hybridized carbons (Fsp3) is 0.500. The largest absolute Gasteiger partial charge is 0.383 e. The Bertz CT molecular complexity index is 454. The van der Waals surface area contributed by atoms with Gasteiger partial charge in [-0.2, -0.15) is 0 Å². The summed E-state index contributed by atoms with van der Waals surface area (Å²) in [6, 6.07) is 4.60. The molecule has 0 bridgehead atoms. The number of nitrogens with one attached hydrogen (secondary N) is 2. The van der Waals surface area contributed by atoms with Crippen molar-refractivity contribution in [3.8, 4) is 0 Å². The Labute approximate surface area is 124 Å². The van der Waals surface area contributed by atoms with Crippen LogP contribution >= 0.6 is 11.6 Å². The first-order chi connectivity index (χ1) is 9.56. The van der Waals surface area contributed by atoms with Crippen LogP contribution in [0.3, 0.4) is 0 Å². The van der Waals surface area contributed by atoms with E-state index in [4.69, 9.17) is 16.3 Å². The molecule has 0 spiro atoms. The predicted octanol–water partition coefficient (Wildman–Crippen LogP) is 2.22. The highest BCUT2D eigenvalue weighted by atomic mass is 35.5. The van der Waals surface area contributed by atoms with Crippen LogP contribution in [0.5, 0.6) is 0 Å². The summed E-state index contributed by atoms with van der Waals surface area (Å²) in [5.74, 6) is 0.380. The van der Waals surface area contributed by atoms with Crippen molar-refractivity contribution in [3.05, 3.63) is 34.6 Å². The second kappa shape index (κ2) is 8.76. The molecular formula is C14H21ClFN3O. The number of guanidine groups is 1. The monoisotopic (exact) mass is 301 g/mol. The maximum absolute atomic E-state index is 12.9. The lowest BCUT2D eigenvalue weighted by Crippen LogP contribution is -2.44. The number of methoxy groups -OCH3 is 1. The van der Waals surface area contributed by atoms with Crippen LogP contribution in [0.2, 0.25) is 5.02 Å². The highest BCUT2D eigenvalue weighted by Gasteiger charge is 2.05. The van der Waals surface area contributed by atoms with Gasteiger partial charge in [0.05, 0.1) is 6.61 Å². The number of benzene rings is 1. The topological polar surface area (TPSA) is 45.7 Å². The van der Waals surface area contributed by atoms with Gasteiger partial charge in [-0.15, -0.1) is 0 Å². The third-order valence-electron chi connectivity index (χ3n) is 2.73. The van der Waals surface area contributed by atoms with Crippen molar-refractivity contribution in [2.75, 3.05) is 27.3 Å². The molecule has 1 atom stereocenters. The average molecular weight is 302 g/mol. The average Bonchev–Trinajstić information content (AvgIpc) is 2.40. The van der Waals surface area contributed by atoms with Crippen molar-refractivity contribution < 1.29 is 9.13 Å². The van der Waals surface area contributed by atoms with Gasteiger partial charge in [-0.05, 0) is 31.0 Å². The Morgan fingerprint density at radius 1 is 1.50 bits per heavy atom. The lowest BCUT2D eigenvalue weighted by molar-refractivity contribution is 0.179. The van der Waals surface area contributed by atoms with E-state index in [9.17, 15) is 4.39 Å². The molecule has 0 heterocycles. The Morgan fingerprint density at radius 3 is 2.85 bits per heavy atom. The van der Waals surface area contributed by atoms with Crippen molar-refractivity contribution >= 4 is 17.6 Å². The highest BCUT2D eigenvalue weighted by Crippen LogP contribution is 2.17. The third-order valence-corrected chi connectivity index (χ3v) is 3.08. The molecule has 112 valence electrons. The molecule has 1 rings (SSSR count). The van der Waals surface area contributed by atoms with Gasteiger partial charge >= 0.3 is 0 Å². The summed E-state index contributed by atoms with van der Waals surface area (Å²) in [7, 11) is 3.37. The van der Waals surface area contributed by atoms with Crippen molar-refractivity contribution in [2.24, 2.45) is 4.99 Å². The number of halogens is 2. The van der Waals surface area contributed by atoms with Gasteiger partial charge in [-0.25, -0.2) is 4.39 Å². The summed E-state index contributed by atoms with van der Waals surface area (Å²) < 4.78 is 18.0. The molecule has 1 aromatic carbocycles. The number of hydrogen-bond donors (Lipinski definition) is 2. The van der Waals surface area contributed by atoms with Crippen LogP contribution in [0.4, 0.5) is 4.39 Å². The summed E-state index contributed by atoms with van der Waals surface area (Å²) in [6.07, 6.45) is 0.693. The van der Waals surface area contributed by atoms with E-state index in [1.807, 2.05) is 6.92 Å². The van der Waals surface area contributed by atoms with Crippen LogP contribution in [0.1, 0.15) is 12.5 Å². The van der Waals surface area contributed by atoms with E-state index in [1.165, 1.54) is 12.1 Å². The number of aliphatic imine (C=N–C) groups is 1. The van der Waals surface area contributed by atoms with Crippen molar-refractivity contribution in [1.29, 1.82) is 0 Å². The molecule has 4 nitrogen and oxygen atoms in total. The second-order valence-corrected chi connectivity index (χ2v) is 4.89. The minimum Gasteiger partial charge on any atom is -0.383 e. The molecule has 0 amide bonds. The highest BCUT2D eigenvalue weighted by molar-refractivity contribution is 6.31. The molecule has 0 aromatic heterocycles. The zero-order chi connectivity index (χ0) is 15.0. The van der Waals surface area contributed by atoms with E-state index in [0.717, 1.165) is 5.56 Å². The zero-order valence-electron chi connectivity index (χ0n) is 12.0. The SMILES string of the molecule is CN=C(NCCc1ccc(F)cc1Cl)NC(C)COC. The Hall–Kier alpha value is -1.33. The van der Waals surface area contributed by atoms with Crippen LogP contribution in [-0.4, -0.2) is 39.3 Å². The quantitative estimate of drug-likeness (QED) is 0.625. The standard InChI is InChI=1S/C14H21ClFN3O/c1-10(9-20-3)19-14(17-2)18-7-6-11-4-5-12(16)8-13(11)15/h4-5,8,10H,6-7,9H2,1-3H3,(H2,17,18,19). The first-order valence-electron chi connectivity index (χ1n) is 6.47. The van der Waals surface area contributed by atoms with Crippen LogP contribution < -0.4 is 10.6 Å². The fourth-order valence-corrected chi connectivity index (χ4v) is 2.02. The van der Waals surface area contributed by atoms with Crippen molar-refractivity contribution in [2.45, 2.75) is 19.4 Å². The van der Waals surface area contributed by atoms with E-state index >= 15 is 0 Å².